The van der Waals surface area contributed by atoms with Gasteiger partial charge in [0.1, 0.15) is 11.5 Å². The zero-order chi connectivity index (χ0) is 17.1. The summed E-state index contributed by atoms with van der Waals surface area (Å²) in [4.78, 5) is 25.2. The molecule has 1 aliphatic heterocycles. The molecule has 5 nitrogen and oxygen atoms in total. The van der Waals surface area contributed by atoms with Crippen molar-refractivity contribution in [2.24, 2.45) is 0 Å². The van der Waals surface area contributed by atoms with Gasteiger partial charge in [0.15, 0.2) is 0 Å². The van der Waals surface area contributed by atoms with Crippen LogP contribution in [0.25, 0.3) is 0 Å². The lowest BCUT2D eigenvalue weighted by molar-refractivity contribution is 0.0927. The van der Waals surface area contributed by atoms with Crippen LogP contribution in [0.1, 0.15) is 41.9 Å². The largest absolute Gasteiger partial charge is 0.344 e. The Morgan fingerprint density at radius 1 is 1.42 bits per heavy atom. The van der Waals surface area contributed by atoms with Crippen LogP contribution in [-0.2, 0) is 6.54 Å². The maximum atomic E-state index is 13.5. The third kappa shape index (κ3) is 3.51. The fourth-order valence-corrected chi connectivity index (χ4v) is 3.80. The van der Waals surface area contributed by atoms with Crippen LogP contribution in [0.2, 0.25) is 0 Å². The first-order chi connectivity index (χ1) is 11.6. The van der Waals surface area contributed by atoms with Gasteiger partial charge in [-0.1, -0.05) is 6.92 Å². The van der Waals surface area contributed by atoms with E-state index in [9.17, 15) is 14.0 Å². The van der Waals surface area contributed by atoms with Crippen LogP contribution in [0.5, 0.6) is 0 Å². The number of amides is 1. The number of hydrogen-bond donors (Lipinski definition) is 1. The summed E-state index contributed by atoms with van der Waals surface area (Å²) in [6, 6.07) is 7.16. The van der Waals surface area contributed by atoms with Crippen LogP contribution in [0.15, 0.2) is 40.0 Å². The normalized spacial score (nSPS) is 16.5. The van der Waals surface area contributed by atoms with E-state index < -0.39 is 0 Å². The van der Waals surface area contributed by atoms with Gasteiger partial charge in [-0.2, -0.15) is 5.10 Å². The second-order valence-corrected chi connectivity index (χ2v) is 6.76. The first kappa shape index (κ1) is 16.7. The summed E-state index contributed by atoms with van der Waals surface area (Å²) in [6.07, 6.45) is 1.48. The molecule has 0 aliphatic carbocycles. The first-order valence-electron chi connectivity index (χ1n) is 7.89. The average Bonchev–Trinajstić information content (AvgIpc) is 2.57. The lowest BCUT2D eigenvalue weighted by Gasteiger charge is -2.25. The number of rotatable bonds is 4. The molecule has 0 spiro atoms. The quantitative estimate of drug-likeness (QED) is 0.924. The minimum atomic E-state index is -0.355. The summed E-state index contributed by atoms with van der Waals surface area (Å²) < 4.78 is 14.8. The second kappa shape index (κ2) is 7.17. The smallest absolute Gasteiger partial charge is 0.272 e. The second-order valence-electron chi connectivity index (χ2n) is 5.63. The molecular formula is C17H18FN3O2S. The third-order valence-corrected chi connectivity index (χ3v) is 4.97. The van der Waals surface area contributed by atoms with Gasteiger partial charge in [-0.15, -0.1) is 11.8 Å². The Bertz CT molecular complexity index is 822. The molecule has 0 fully saturated rings. The highest BCUT2D eigenvalue weighted by atomic mass is 32.2. The van der Waals surface area contributed by atoms with E-state index in [1.54, 1.807) is 17.8 Å². The van der Waals surface area contributed by atoms with Crippen molar-refractivity contribution in [2.45, 2.75) is 37.2 Å². The summed E-state index contributed by atoms with van der Waals surface area (Å²) >= 11 is 1.66. The Kier molecular flexibility index (Phi) is 4.99. The fraction of sp³-hybridized carbons (Fsp3) is 0.353. The van der Waals surface area contributed by atoms with Crippen molar-refractivity contribution < 1.29 is 9.18 Å². The topological polar surface area (TPSA) is 64.0 Å². The van der Waals surface area contributed by atoms with Crippen LogP contribution < -0.4 is 10.9 Å². The first-order valence-corrected chi connectivity index (χ1v) is 8.88. The lowest BCUT2D eigenvalue weighted by atomic mass is 10.0. The van der Waals surface area contributed by atoms with Gasteiger partial charge < -0.3 is 5.32 Å². The van der Waals surface area contributed by atoms with Crippen molar-refractivity contribution in [1.29, 1.82) is 0 Å². The van der Waals surface area contributed by atoms with Crippen LogP contribution in [0, 0.1) is 5.82 Å². The van der Waals surface area contributed by atoms with Crippen LogP contribution >= 0.6 is 11.8 Å². The van der Waals surface area contributed by atoms with Crippen LogP contribution in [0.4, 0.5) is 4.39 Å². The molecule has 1 aliphatic rings. The van der Waals surface area contributed by atoms with Gasteiger partial charge in [0.05, 0.1) is 6.04 Å². The van der Waals surface area contributed by atoms with Gasteiger partial charge in [-0.3, -0.25) is 9.59 Å². The van der Waals surface area contributed by atoms with Crippen LogP contribution in [0.3, 0.4) is 0 Å². The molecule has 1 aromatic carbocycles. The van der Waals surface area contributed by atoms with Crippen molar-refractivity contribution in [1.82, 2.24) is 15.1 Å². The summed E-state index contributed by atoms with van der Waals surface area (Å²) in [7, 11) is 0. The van der Waals surface area contributed by atoms with E-state index in [0.29, 0.717) is 6.54 Å². The monoisotopic (exact) mass is 347 g/mol. The molecule has 1 unspecified atom stereocenters. The molecule has 0 saturated heterocycles. The minimum Gasteiger partial charge on any atom is -0.344 e. The SMILES string of the molecule is CCCn1nc(C(=O)NC2CCSc3ccc(F)cc32)ccc1=O. The number of aryl methyl sites for hydroxylation is 1. The highest BCUT2D eigenvalue weighted by molar-refractivity contribution is 7.99. The van der Waals surface area contributed by atoms with Gasteiger partial charge in [0.25, 0.3) is 11.5 Å². The summed E-state index contributed by atoms with van der Waals surface area (Å²) in [5, 5.41) is 7.02. The summed E-state index contributed by atoms with van der Waals surface area (Å²) in [6.45, 7) is 2.40. The van der Waals surface area contributed by atoms with Crippen molar-refractivity contribution in [2.75, 3.05) is 5.75 Å². The Labute approximate surface area is 143 Å². The number of halogens is 1. The number of aromatic nitrogens is 2. The molecule has 1 aromatic heterocycles. The molecule has 2 heterocycles. The standard InChI is InChI=1S/C17H18FN3O2S/c1-2-8-21-16(22)6-4-14(20-21)17(23)19-13-7-9-24-15-5-3-11(18)10-12(13)15/h3-6,10,13H,2,7-9H2,1H3,(H,19,23). The number of carbonyl (C=O) groups excluding carboxylic acids is 1. The summed E-state index contributed by atoms with van der Waals surface area (Å²) in [5.41, 5.74) is 0.760. The lowest BCUT2D eigenvalue weighted by Crippen LogP contribution is -2.33. The van der Waals surface area contributed by atoms with Gasteiger partial charge in [-0.05, 0) is 42.7 Å². The zero-order valence-corrected chi connectivity index (χ0v) is 14.1. The molecule has 2 aromatic rings. The minimum absolute atomic E-state index is 0.194. The van der Waals surface area contributed by atoms with E-state index in [4.69, 9.17) is 0 Å². The predicted octanol–water partition coefficient (Wildman–Crippen LogP) is 2.76. The number of benzene rings is 1. The fourth-order valence-electron chi connectivity index (χ4n) is 2.69. The van der Waals surface area contributed by atoms with Crippen molar-refractivity contribution in [3.63, 3.8) is 0 Å². The Hall–Kier alpha value is -2.15. The highest BCUT2D eigenvalue weighted by Crippen LogP contribution is 2.36. The summed E-state index contributed by atoms with van der Waals surface area (Å²) in [5.74, 6) is 0.184. The number of carbonyl (C=O) groups is 1. The maximum Gasteiger partial charge on any atom is 0.272 e. The van der Waals surface area contributed by atoms with E-state index in [-0.39, 0.29) is 29.0 Å². The van der Waals surface area contributed by atoms with Crippen molar-refractivity contribution in [3.8, 4) is 0 Å². The Morgan fingerprint density at radius 2 is 2.25 bits per heavy atom. The molecule has 126 valence electrons. The van der Waals surface area contributed by atoms with E-state index in [2.05, 4.69) is 10.4 Å². The number of nitrogens with one attached hydrogen (secondary N) is 1. The van der Waals surface area contributed by atoms with E-state index in [1.165, 1.54) is 28.9 Å². The Morgan fingerprint density at radius 3 is 3.04 bits per heavy atom. The molecule has 0 saturated carbocycles. The van der Waals surface area contributed by atoms with E-state index in [0.717, 1.165) is 29.1 Å². The van der Waals surface area contributed by atoms with E-state index >= 15 is 0 Å². The molecule has 24 heavy (non-hydrogen) atoms. The van der Waals surface area contributed by atoms with Gasteiger partial charge >= 0.3 is 0 Å². The molecular weight excluding hydrogens is 329 g/mol. The van der Waals surface area contributed by atoms with Crippen LogP contribution in [-0.4, -0.2) is 21.4 Å². The molecule has 1 atom stereocenters. The molecule has 3 rings (SSSR count). The van der Waals surface area contributed by atoms with Gasteiger partial charge in [-0.25, -0.2) is 9.07 Å². The Balaban J connectivity index is 1.82. The van der Waals surface area contributed by atoms with Gasteiger partial charge in [0.2, 0.25) is 0 Å². The predicted molar refractivity (Wildman–Crippen MR) is 90.7 cm³/mol. The average molecular weight is 347 g/mol. The van der Waals surface area contributed by atoms with Gasteiger partial charge in [0, 0.05) is 23.3 Å². The third-order valence-electron chi connectivity index (χ3n) is 3.85. The van der Waals surface area contributed by atoms with Crippen molar-refractivity contribution in [3.05, 3.63) is 57.8 Å². The molecule has 0 bridgehead atoms. The zero-order valence-electron chi connectivity index (χ0n) is 13.3. The number of nitrogens with zero attached hydrogens (tertiary/aromatic N) is 2. The number of fused-ring (bicyclic) bond motifs is 1. The highest BCUT2D eigenvalue weighted by Gasteiger charge is 2.24. The molecule has 1 amide bonds. The molecule has 1 N–H and O–H groups in total. The maximum absolute atomic E-state index is 13.5. The molecule has 0 radical (unpaired) electrons. The van der Waals surface area contributed by atoms with Crippen molar-refractivity contribution >= 4 is 17.7 Å². The molecule has 7 heteroatoms. The number of thioether (sulfide) groups is 1. The number of hydrogen-bond acceptors (Lipinski definition) is 4. The van der Waals surface area contributed by atoms with E-state index in [1.807, 2.05) is 6.92 Å².